The van der Waals surface area contributed by atoms with Gasteiger partial charge < -0.3 is 0 Å². The van der Waals surface area contributed by atoms with Gasteiger partial charge in [0, 0.05) is 18.3 Å². The first-order valence-corrected chi connectivity index (χ1v) is 6.31. The first-order chi connectivity index (χ1) is 8.70. The van der Waals surface area contributed by atoms with Crippen LogP contribution in [-0.2, 0) is 6.42 Å². The molecule has 0 fully saturated rings. The lowest BCUT2D eigenvalue weighted by Crippen LogP contribution is -2.29. The van der Waals surface area contributed by atoms with Gasteiger partial charge in [-0.25, -0.2) is 4.39 Å². The summed E-state index contributed by atoms with van der Waals surface area (Å²) >= 11 is 3.17. The van der Waals surface area contributed by atoms with Gasteiger partial charge in [-0.3, -0.25) is 16.3 Å². The number of hydrogen-bond acceptors (Lipinski definition) is 3. The lowest BCUT2D eigenvalue weighted by molar-refractivity contribution is 0.543. The quantitative estimate of drug-likeness (QED) is 0.674. The topological polar surface area (TPSA) is 50.9 Å². The van der Waals surface area contributed by atoms with Crippen molar-refractivity contribution in [3.8, 4) is 0 Å². The molecule has 0 spiro atoms. The molecule has 1 atom stereocenters. The van der Waals surface area contributed by atoms with Crippen molar-refractivity contribution in [1.29, 1.82) is 0 Å². The molecule has 3 N–H and O–H groups in total. The highest BCUT2D eigenvalue weighted by Crippen LogP contribution is 2.23. The number of nitrogens with two attached hydrogens (primary N) is 1. The first-order valence-electron chi connectivity index (χ1n) is 5.51. The highest BCUT2D eigenvalue weighted by atomic mass is 79.9. The lowest BCUT2D eigenvalue weighted by atomic mass is 10.0. The van der Waals surface area contributed by atoms with Crippen LogP contribution in [0.25, 0.3) is 0 Å². The zero-order valence-electron chi connectivity index (χ0n) is 9.61. The van der Waals surface area contributed by atoms with Gasteiger partial charge in [0.05, 0.1) is 10.5 Å². The normalized spacial score (nSPS) is 12.4. The van der Waals surface area contributed by atoms with Crippen molar-refractivity contribution in [2.75, 3.05) is 0 Å². The molecule has 5 heteroatoms. The van der Waals surface area contributed by atoms with Gasteiger partial charge in [0.25, 0.3) is 0 Å². The smallest absolute Gasteiger partial charge is 0.137 e. The van der Waals surface area contributed by atoms with Crippen LogP contribution in [0.15, 0.2) is 47.1 Å². The molecule has 2 rings (SSSR count). The third-order valence-corrected chi connectivity index (χ3v) is 3.29. The Bertz CT molecular complexity index is 519. The average Bonchev–Trinajstić information content (AvgIpc) is 2.40. The Morgan fingerprint density at radius 3 is 2.78 bits per heavy atom. The van der Waals surface area contributed by atoms with E-state index in [9.17, 15) is 4.39 Å². The molecule has 0 saturated carbocycles. The summed E-state index contributed by atoms with van der Waals surface area (Å²) in [5, 5.41) is 0. The van der Waals surface area contributed by atoms with Crippen molar-refractivity contribution in [1.82, 2.24) is 10.4 Å². The van der Waals surface area contributed by atoms with Crippen LogP contribution >= 0.6 is 15.9 Å². The monoisotopic (exact) mass is 309 g/mol. The fraction of sp³-hybridized carbons (Fsp3) is 0.154. The predicted molar refractivity (Wildman–Crippen MR) is 72.1 cm³/mol. The number of hydrogen-bond donors (Lipinski definition) is 2. The molecule has 0 amide bonds. The number of benzene rings is 1. The average molecular weight is 310 g/mol. The van der Waals surface area contributed by atoms with Crippen LogP contribution in [0.2, 0.25) is 0 Å². The Balaban J connectivity index is 2.20. The van der Waals surface area contributed by atoms with Crippen LogP contribution in [0.5, 0.6) is 0 Å². The van der Waals surface area contributed by atoms with Gasteiger partial charge in [-0.15, -0.1) is 0 Å². The Hall–Kier alpha value is -1.30. The van der Waals surface area contributed by atoms with E-state index in [1.54, 1.807) is 18.3 Å². The first kappa shape index (κ1) is 13.1. The van der Waals surface area contributed by atoms with E-state index in [4.69, 9.17) is 5.84 Å². The second-order valence-corrected chi connectivity index (χ2v) is 4.77. The third-order valence-electron chi connectivity index (χ3n) is 2.69. The summed E-state index contributed by atoms with van der Waals surface area (Å²) in [6.45, 7) is 0. The highest BCUT2D eigenvalue weighted by Gasteiger charge is 2.12. The van der Waals surface area contributed by atoms with Crippen molar-refractivity contribution in [2.45, 2.75) is 12.5 Å². The third kappa shape index (κ3) is 3.13. The number of hydrazine groups is 1. The summed E-state index contributed by atoms with van der Waals surface area (Å²) in [4.78, 5) is 4.25. The number of nitrogens with zero attached hydrogens (tertiary/aromatic N) is 1. The van der Waals surface area contributed by atoms with Gasteiger partial charge in [-0.05, 0) is 45.8 Å². The molecule has 18 heavy (non-hydrogen) atoms. The number of pyridine rings is 1. The summed E-state index contributed by atoms with van der Waals surface area (Å²) in [6.07, 6.45) is 2.39. The van der Waals surface area contributed by atoms with Crippen LogP contribution in [0.1, 0.15) is 17.3 Å². The molecule has 0 aliphatic carbocycles. The summed E-state index contributed by atoms with van der Waals surface area (Å²) in [5.41, 5.74) is 4.57. The van der Waals surface area contributed by atoms with Crippen LogP contribution in [0.3, 0.4) is 0 Å². The molecule has 0 radical (unpaired) electrons. The van der Waals surface area contributed by atoms with Crippen molar-refractivity contribution in [3.05, 3.63) is 64.1 Å². The predicted octanol–water partition coefficient (Wildman–Crippen LogP) is 2.73. The summed E-state index contributed by atoms with van der Waals surface area (Å²) < 4.78 is 13.6. The molecule has 0 aliphatic rings. The van der Waals surface area contributed by atoms with E-state index in [0.717, 1.165) is 11.3 Å². The second kappa shape index (κ2) is 6.04. The van der Waals surface area contributed by atoms with Gasteiger partial charge in [-0.1, -0.05) is 12.1 Å². The minimum absolute atomic E-state index is 0.100. The second-order valence-electron chi connectivity index (χ2n) is 3.92. The van der Waals surface area contributed by atoms with Crippen molar-refractivity contribution < 1.29 is 4.39 Å². The fourth-order valence-corrected chi connectivity index (χ4v) is 2.13. The Kier molecular flexibility index (Phi) is 4.41. The molecule has 0 saturated heterocycles. The van der Waals surface area contributed by atoms with Crippen LogP contribution in [0, 0.1) is 5.82 Å². The zero-order chi connectivity index (χ0) is 13.0. The van der Waals surface area contributed by atoms with Crippen LogP contribution < -0.4 is 11.3 Å². The molecule has 1 aromatic heterocycles. The van der Waals surface area contributed by atoms with E-state index >= 15 is 0 Å². The zero-order valence-corrected chi connectivity index (χ0v) is 11.2. The molecule has 94 valence electrons. The van der Waals surface area contributed by atoms with Crippen molar-refractivity contribution in [3.63, 3.8) is 0 Å². The lowest BCUT2D eigenvalue weighted by Gasteiger charge is -2.16. The van der Waals surface area contributed by atoms with E-state index in [0.29, 0.717) is 10.9 Å². The minimum Gasteiger partial charge on any atom is -0.271 e. The maximum Gasteiger partial charge on any atom is 0.137 e. The maximum atomic E-state index is 13.2. The minimum atomic E-state index is -0.285. The van der Waals surface area contributed by atoms with E-state index in [2.05, 4.69) is 26.3 Å². The summed E-state index contributed by atoms with van der Waals surface area (Å²) in [5.74, 6) is 5.27. The van der Waals surface area contributed by atoms with Crippen molar-refractivity contribution in [2.24, 2.45) is 5.84 Å². The number of halogens is 2. The van der Waals surface area contributed by atoms with E-state index < -0.39 is 0 Å². The number of aromatic nitrogens is 1. The van der Waals surface area contributed by atoms with Gasteiger partial charge in [-0.2, -0.15) is 0 Å². The molecular weight excluding hydrogens is 297 g/mol. The molecule has 1 heterocycles. The molecule has 1 unspecified atom stereocenters. The Labute approximate surface area is 113 Å². The van der Waals surface area contributed by atoms with Gasteiger partial charge in [0.15, 0.2) is 0 Å². The van der Waals surface area contributed by atoms with Gasteiger partial charge in [0.1, 0.15) is 5.82 Å². The van der Waals surface area contributed by atoms with E-state index in [1.807, 2.05) is 18.2 Å². The Morgan fingerprint density at radius 2 is 2.17 bits per heavy atom. The molecule has 1 aromatic carbocycles. The summed E-state index contributed by atoms with van der Waals surface area (Å²) in [6, 6.07) is 10.5. The van der Waals surface area contributed by atoms with Gasteiger partial charge >= 0.3 is 0 Å². The van der Waals surface area contributed by atoms with Crippen molar-refractivity contribution >= 4 is 15.9 Å². The largest absolute Gasteiger partial charge is 0.271 e. The molecule has 0 bridgehead atoms. The number of rotatable bonds is 4. The fourth-order valence-electron chi connectivity index (χ4n) is 1.73. The number of nitrogens with one attached hydrogen (secondary N) is 1. The van der Waals surface area contributed by atoms with Gasteiger partial charge in [0.2, 0.25) is 0 Å². The molecular formula is C13H13BrFN3. The van der Waals surface area contributed by atoms with E-state index in [-0.39, 0.29) is 11.9 Å². The standard InChI is InChI=1S/C13H13BrFN3/c14-11-7-9(4-5-12(11)15)13(18-16)8-10-3-1-2-6-17-10/h1-7,13,18H,8,16H2. The SMILES string of the molecule is NNC(Cc1ccccn1)c1ccc(F)c(Br)c1. The molecule has 3 nitrogen and oxygen atoms in total. The van der Waals surface area contributed by atoms with Crippen LogP contribution in [-0.4, -0.2) is 4.98 Å². The highest BCUT2D eigenvalue weighted by molar-refractivity contribution is 9.10. The maximum absolute atomic E-state index is 13.2. The van der Waals surface area contributed by atoms with E-state index in [1.165, 1.54) is 6.07 Å². The van der Waals surface area contributed by atoms with Crippen LogP contribution in [0.4, 0.5) is 4.39 Å². The molecule has 0 aliphatic heterocycles. The Morgan fingerprint density at radius 1 is 1.33 bits per heavy atom. The molecule has 2 aromatic rings. The summed E-state index contributed by atoms with van der Waals surface area (Å²) in [7, 11) is 0.